The van der Waals surface area contributed by atoms with Crippen LogP contribution in [0.3, 0.4) is 0 Å². The van der Waals surface area contributed by atoms with Crippen molar-refractivity contribution in [2.75, 3.05) is 33.4 Å². The van der Waals surface area contributed by atoms with Gasteiger partial charge in [0.2, 0.25) is 5.91 Å². The molecule has 1 spiro atoms. The molecule has 0 bridgehead atoms. The summed E-state index contributed by atoms with van der Waals surface area (Å²) in [5.41, 5.74) is 3.58. The molecule has 1 amide bonds. The number of aliphatic hydroxyl groups excluding tert-OH is 1. The zero-order valence-electron chi connectivity index (χ0n) is 21.5. The van der Waals surface area contributed by atoms with Crippen molar-refractivity contribution >= 4 is 11.6 Å². The predicted molar refractivity (Wildman–Crippen MR) is 140 cm³/mol. The third kappa shape index (κ3) is 4.26. The lowest BCUT2D eigenvalue weighted by Crippen LogP contribution is -2.56. The van der Waals surface area contributed by atoms with Gasteiger partial charge in [-0.3, -0.25) is 14.7 Å². The Hall–Kier alpha value is -2.77. The molecule has 2 fully saturated rings. The number of amides is 1. The van der Waals surface area contributed by atoms with Crippen LogP contribution in [0.4, 0.5) is 4.39 Å². The standard InChI is InChI=1S/C30H36FN3O3/c1-37-22-10-11-23-25(16-22)32-28-26(18-35)34(17-21-8-4-5-9-24(21)31)19-30(27(23)28)12-14-33(15-13-30)29(36)20-6-2-3-7-20/h4-5,8-11,16,20,23,26,35H,2-3,6-7,12-15,17-19H2,1H3/t23?,26-/m0/s1. The minimum atomic E-state index is -0.302. The van der Waals surface area contributed by atoms with Crippen LogP contribution in [0.1, 0.15) is 44.1 Å². The SMILES string of the molecule is COC1=CC2=NC3=C(C2C=C1)C1(CCN(C(=O)C2CCCC2)CC1)CN(Cc1ccccc1F)[C@H]3CO. The monoisotopic (exact) mass is 505 g/mol. The normalized spacial score (nSPS) is 27.3. The maximum atomic E-state index is 14.7. The second kappa shape index (κ2) is 9.84. The summed E-state index contributed by atoms with van der Waals surface area (Å²) in [7, 11) is 1.66. The number of hydrogen-bond acceptors (Lipinski definition) is 5. The number of aliphatic imine (C=N–C) groups is 1. The third-order valence-corrected chi connectivity index (χ3v) is 9.21. The molecule has 0 radical (unpaired) electrons. The van der Waals surface area contributed by atoms with Crippen molar-refractivity contribution in [3.8, 4) is 0 Å². The lowest BCUT2D eigenvalue weighted by Gasteiger charge is -2.52. The summed E-state index contributed by atoms with van der Waals surface area (Å²) < 4.78 is 20.2. The molecule has 196 valence electrons. The second-order valence-corrected chi connectivity index (χ2v) is 11.2. The van der Waals surface area contributed by atoms with Crippen LogP contribution >= 0.6 is 0 Å². The molecule has 1 N–H and O–H groups in total. The summed E-state index contributed by atoms with van der Waals surface area (Å²) in [4.78, 5) is 22.6. The number of carbonyl (C=O) groups excluding carboxylic acids is 1. The van der Waals surface area contributed by atoms with E-state index in [9.17, 15) is 14.3 Å². The van der Waals surface area contributed by atoms with Crippen LogP contribution in [0.5, 0.6) is 0 Å². The average molecular weight is 506 g/mol. The summed E-state index contributed by atoms with van der Waals surface area (Å²) in [6, 6.07) is 6.57. The van der Waals surface area contributed by atoms with Gasteiger partial charge in [-0.15, -0.1) is 0 Å². The van der Waals surface area contributed by atoms with E-state index in [0.29, 0.717) is 24.6 Å². The number of ether oxygens (including phenoxy) is 1. The van der Waals surface area contributed by atoms with E-state index in [1.165, 1.54) is 11.6 Å². The molecule has 1 saturated heterocycles. The minimum Gasteiger partial charge on any atom is -0.497 e. The van der Waals surface area contributed by atoms with E-state index in [4.69, 9.17) is 9.73 Å². The number of allylic oxidation sites excluding steroid dienone is 3. The molecule has 6 rings (SSSR count). The molecule has 3 aliphatic heterocycles. The molecule has 0 aromatic heterocycles. The number of fused-ring (bicyclic) bond motifs is 3. The molecule has 1 aromatic carbocycles. The van der Waals surface area contributed by atoms with Gasteiger partial charge in [0.05, 0.1) is 31.2 Å². The van der Waals surface area contributed by atoms with E-state index in [1.807, 2.05) is 24.3 Å². The highest BCUT2D eigenvalue weighted by atomic mass is 19.1. The molecule has 2 aliphatic carbocycles. The van der Waals surface area contributed by atoms with Crippen molar-refractivity contribution < 1.29 is 19.0 Å². The van der Waals surface area contributed by atoms with Gasteiger partial charge >= 0.3 is 0 Å². The molecular formula is C30H36FN3O3. The maximum Gasteiger partial charge on any atom is 0.225 e. The van der Waals surface area contributed by atoms with Crippen LogP contribution in [0.25, 0.3) is 0 Å². The number of nitrogens with zero attached hydrogens (tertiary/aromatic N) is 3. The zero-order chi connectivity index (χ0) is 25.6. The van der Waals surface area contributed by atoms with Crippen molar-refractivity contribution in [3.63, 3.8) is 0 Å². The van der Waals surface area contributed by atoms with Gasteiger partial charge < -0.3 is 14.7 Å². The van der Waals surface area contributed by atoms with Crippen LogP contribution in [-0.2, 0) is 16.1 Å². The van der Waals surface area contributed by atoms with Crippen molar-refractivity contribution in [1.82, 2.24) is 9.80 Å². The number of carbonyl (C=O) groups is 1. The van der Waals surface area contributed by atoms with Gasteiger partial charge in [0.25, 0.3) is 0 Å². The summed E-state index contributed by atoms with van der Waals surface area (Å²) >= 11 is 0. The first-order valence-electron chi connectivity index (χ1n) is 13.7. The van der Waals surface area contributed by atoms with Crippen molar-refractivity contribution in [2.45, 2.75) is 51.1 Å². The Bertz CT molecular complexity index is 1190. The van der Waals surface area contributed by atoms with Crippen LogP contribution in [-0.4, -0.2) is 65.9 Å². The first-order valence-corrected chi connectivity index (χ1v) is 13.7. The average Bonchev–Trinajstić information content (AvgIpc) is 3.59. The highest BCUT2D eigenvalue weighted by Gasteiger charge is 2.52. The van der Waals surface area contributed by atoms with E-state index in [-0.39, 0.29) is 35.7 Å². The second-order valence-electron chi connectivity index (χ2n) is 11.2. The molecule has 1 aromatic rings. The first kappa shape index (κ1) is 24.6. The Kier molecular flexibility index (Phi) is 6.53. The van der Waals surface area contributed by atoms with Crippen molar-refractivity contribution in [2.24, 2.45) is 22.2 Å². The van der Waals surface area contributed by atoms with Crippen LogP contribution in [0.2, 0.25) is 0 Å². The summed E-state index contributed by atoms with van der Waals surface area (Å²) in [5.74, 6) is 1.10. The van der Waals surface area contributed by atoms with Crippen LogP contribution in [0, 0.1) is 23.1 Å². The van der Waals surface area contributed by atoms with Gasteiger partial charge in [0.1, 0.15) is 11.6 Å². The molecule has 1 unspecified atom stereocenters. The highest BCUT2D eigenvalue weighted by Crippen LogP contribution is 2.53. The minimum absolute atomic E-state index is 0.0515. The number of benzene rings is 1. The number of halogens is 1. The fourth-order valence-corrected chi connectivity index (χ4v) is 7.24. The van der Waals surface area contributed by atoms with E-state index < -0.39 is 0 Å². The number of rotatable bonds is 5. The van der Waals surface area contributed by atoms with E-state index >= 15 is 0 Å². The van der Waals surface area contributed by atoms with Crippen molar-refractivity contribution in [3.05, 3.63) is 70.9 Å². The van der Waals surface area contributed by atoms with Gasteiger partial charge in [-0.1, -0.05) is 37.1 Å². The number of aliphatic hydroxyl groups is 1. The Balaban J connectivity index is 1.34. The molecular weight excluding hydrogens is 469 g/mol. The van der Waals surface area contributed by atoms with E-state index in [2.05, 4.69) is 15.9 Å². The van der Waals surface area contributed by atoms with Crippen LogP contribution in [0.15, 0.2) is 64.5 Å². The number of likely N-dealkylation sites (tertiary alicyclic amines) is 1. The molecule has 37 heavy (non-hydrogen) atoms. The molecule has 1 saturated carbocycles. The van der Waals surface area contributed by atoms with Gasteiger partial charge in [-0.25, -0.2) is 4.39 Å². The highest BCUT2D eigenvalue weighted by molar-refractivity contribution is 6.04. The summed E-state index contributed by atoms with van der Waals surface area (Å²) in [6.07, 6.45) is 12.2. The summed E-state index contributed by atoms with van der Waals surface area (Å²) in [5, 5.41) is 10.6. The predicted octanol–water partition coefficient (Wildman–Crippen LogP) is 4.23. The van der Waals surface area contributed by atoms with E-state index in [0.717, 1.165) is 68.8 Å². The third-order valence-electron chi connectivity index (χ3n) is 9.21. The Labute approximate surface area is 218 Å². The topological polar surface area (TPSA) is 65.4 Å². The molecule has 7 heteroatoms. The number of methoxy groups -OCH3 is 1. The smallest absolute Gasteiger partial charge is 0.225 e. The zero-order valence-corrected chi connectivity index (χ0v) is 21.5. The van der Waals surface area contributed by atoms with Crippen LogP contribution < -0.4 is 0 Å². The Morgan fingerprint density at radius 2 is 1.97 bits per heavy atom. The van der Waals surface area contributed by atoms with Gasteiger partial charge in [-0.2, -0.15) is 0 Å². The fraction of sp³-hybridized carbons (Fsp3) is 0.533. The maximum absolute atomic E-state index is 14.7. The lowest BCUT2D eigenvalue weighted by atomic mass is 9.64. The molecule has 2 atom stereocenters. The quantitative estimate of drug-likeness (QED) is 0.651. The number of piperidine rings is 1. The first-order chi connectivity index (χ1) is 18.0. The van der Waals surface area contributed by atoms with E-state index in [1.54, 1.807) is 13.2 Å². The van der Waals surface area contributed by atoms with Gasteiger partial charge in [-0.05, 0) is 43.4 Å². The fourth-order valence-electron chi connectivity index (χ4n) is 7.24. The lowest BCUT2D eigenvalue weighted by molar-refractivity contribution is -0.137. The van der Waals surface area contributed by atoms with Gasteiger partial charge in [0.15, 0.2) is 0 Å². The molecule has 5 aliphatic rings. The Morgan fingerprint density at radius 3 is 2.68 bits per heavy atom. The summed E-state index contributed by atoms with van der Waals surface area (Å²) in [6.45, 7) is 2.50. The van der Waals surface area contributed by atoms with Crippen molar-refractivity contribution in [1.29, 1.82) is 0 Å². The largest absolute Gasteiger partial charge is 0.497 e. The molecule has 3 heterocycles. The Morgan fingerprint density at radius 1 is 1.22 bits per heavy atom. The molecule has 6 nitrogen and oxygen atoms in total. The van der Waals surface area contributed by atoms with Gasteiger partial charge in [0, 0.05) is 55.1 Å². The number of hydrogen-bond donors (Lipinski definition) is 1.